The first kappa shape index (κ1) is 15.4. The van der Waals surface area contributed by atoms with E-state index in [0.717, 1.165) is 4.52 Å². The number of hydrogen-bond acceptors (Lipinski definition) is 4. The Bertz CT molecular complexity index is 703. The van der Waals surface area contributed by atoms with Crippen LogP contribution in [-0.2, 0) is 6.18 Å². The summed E-state index contributed by atoms with van der Waals surface area (Å²) in [4.78, 5) is 9.02. The van der Waals surface area contributed by atoms with Crippen LogP contribution in [0.15, 0.2) is 10.8 Å². The van der Waals surface area contributed by atoms with Crippen molar-refractivity contribution in [2.75, 3.05) is 18.0 Å². The number of nitrogens with zero attached hydrogens (tertiary/aromatic N) is 5. The van der Waals surface area contributed by atoms with Crippen molar-refractivity contribution in [1.29, 1.82) is 0 Å². The van der Waals surface area contributed by atoms with Gasteiger partial charge in [-0.3, -0.25) is 0 Å². The van der Waals surface area contributed by atoms with Gasteiger partial charge in [0.05, 0.1) is 6.20 Å². The van der Waals surface area contributed by atoms with Crippen molar-refractivity contribution in [3.63, 3.8) is 0 Å². The van der Waals surface area contributed by atoms with Gasteiger partial charge in [-0.15, -0.1) is 5.10 Å². The fraction of sp³-hybridized carbons (Fsp3) is 0.545. The van der Waals surface area contributed by atoms with Gasteiger partial charge in [0, 0.05) is 25.9 Å². The molecule has 0 spiro atoms. The van der Waals surface area contributed by atoms with Crippen LogP contribution in [0.3, 0.4) is 0 Å². The summed E-state index contributed by atoms with van der Waals surface area (Å²) in [5.41, 5.74) is -0.110. The zero-order valence-electron chi connectivity index (χ0n) is 10.9. The lowest BCUT2D eigenvalue weighted by atomic mass is 10.1. The standard InChI is InChI=1S/C11H9BrF5N5/c12-6-5-22-8(19-9(20-22)11(15,16)17)7(18-6)21-3-1-10(13,14)2-4-21/h5H,1-4H2. The molecule has 0 saturated carbocycles. The fourth-order valence-electron chi connectivity index (χ4n) is 2.22. The Balaban J connectivity index is 2.04. The quantitative estimate of drug-likeness (QED) is 0.707. The second-order valence-electron chi connectivity index (χ2n) is 4.93. The van der Waals surface area contributed by atoms with E-state index in [0.29, 0.717) is 0 Å². The average Bonchev–Trinajstić information content (AvgIpc) is 2.81. The molecule has 0 atom stereocenters. The van der Waals surface area contributed by atoms with Gasteiger partial charge < -0.3 is 4.90 Å². The van der Waals surface area contributed by atoms with Crippen LogP contribution < -0.4 is 4.90 Å². The number of aromatic nitrogens is 4. The average molecular weight is 386 g/mol. The lowest BCUT2D eigenvalue weighted by molar-refractivity contribution is -0.144. The molecule has 0 aliphatic carbocycles. The Morgan fingerprint density at radius 1 is 1.14 bits per heavy atom. The summed E-state index contributed by atoms with van der Waals surface area (Å²) in [6, 6.07) is 0. The minimum Gasteiger partial charge on any atom is -0.353 e. The third kappa shape index (κ3) is 2.85. The smallest absolute Gasteiger partial charge is 0.353 e. The van der Waals surface area contributed by atoms with E-state index < -0.39 is 17.9 Å². The molecule has 0 unspecified atom stereocenters. The Morgan fingerprint density at radius 3 is 2.36 bits per heavy atom. The van der Waals surface area contributed by atoms with E-state index in [1.54, 1.807) is 0 Å². The Kier molecular flexibility index (Phi) is 3.49. The van der Waals surface area contributed by atoms with Crippen LogP contribution in [-0.4, -0.2) is 38.6 Å². The number of rotatable bonds is 1. The van der Waals surface area contributed by atoms with Gasteiger partial charge in [-0.1, -0.05) is 0 Å². The van der Waals surface area contributed by atoms with Crippen LogP contribution in [0.4, 0.5) is 27.8 Å². The van der Waals surface area contributed by atoms with Crippen LogP contribution >= 0.6 is 15.9 Å². The first-order valence-corrected chi connectivity index (χ1v) is 7.08. The SMILES string of the molecule is FC1(F)CCN(c2nc(Br)cn3nc(C(F)(F)F)nc23)CC1. The highest BCUT2D eigenvalue weighted by Crippen LogP contribution is 2.33. The maximum absolute atomic E-state index is 13.2. The zero-order valence-corrected chi connectivity index (χ0v) is 12.5. The topological polar surface area (TPSA) is 46.3 Å². The molecule has 0 amide bonds. The van der Waals surface area contributed by atoms with Crippen molar-refractivity contribution in [3.8, 4) is 0 Å². The van der Waals surface area contributed by atoms with E-state index in [1.165, 1.54) is 11.1 Å². The maximum Gasteiger partial charge on any atom is 0.453 e. The molecule has 2 aromatic rings. The predicted octanol–water partition coefficient (Wildman–Crippen LogP) is 3.14. The molecular formula is C11H9BrF5N5. The molecule has 3 heterocycles. The van der Waals surface area contributed by atoms with Crippen LogP contribution in [0.5, 0.6) is 0 Å². The molecule has 22 heavy (non-hydrogen) atoms. The molecule has 2 aromatic heterocycles. The zero-order chi connectivity index (χ0) is 16.1. The van der Waals surface area contributed by atoms with Gasteiger partial charge in [-0.25, -0.2) is 18.3 Å². The number of alkyl halides is 5. The number of piperidine rings is 1. The highest BCUT2D eigenvalue weighted by atomic mass is 79.9. The van der Waals surface area contributed by atoms with Gasteiger partial charge in [-0.05, 0) is 15.9 Å². The van der Waals surface area contributed by atoms with Gasteiger partial charge in [0.15, 0.2) is 11.5 Å². The highest BCUT2D eigenvalue weighted by Gasteiger charge is 2.38. The lowest BCUT2D eigenvalue weighted by Gasteiger charge is -2.32. The molecule has 1 saturated heterocycles. The molecule has 5 nitrogen and oxygen atoms in total. The molecule has 0 radical (unpaired) electrons. The monoisotopic (exact) mass is 385 g/mol. The van der Waals surface area contributed by atoms with E-state index in [2.05, 4.69) is 31.0 Å². The molecule has 3 rings (SSSR count). The third-order valence-corrected chi connectivity index (χ3v) is 3.70. The Morgan fingerprint density at radius 2 is 1.77 bits per heavy atom. The molecule has 0 aromatic carbocycles. The first-order chi connectivity index (χ1) is 10.2. The summed E-state index contributed by atoms with van der Waals surface area (Å²) in [5, 5.41) is 3.36. The van der Waals surface area contributed by atoms with Crippen LogP contribution in [0, 0.1) is 0 Å². The van der Waals surface area contributed by atoms with E-state index in [-0.39, 0.29) is 42.0 Å². The molecule has 1 aliphatic heterocycles. The van der Waals surface area contributed by atoms with Gasteiger partial charge in [0.1, 0.15) is 4.60 Å². The van der Waals surface area contributed by atoms with Crippen LogP contribution in [0.1, 0.15) is 18.7 Å². The lowest BCUT2D eigenvalue weighted by Crippen LogP contribution is -2.40. The van der Waals surface area contributed by atoms with Gasteiger partial charge >= 0.3 is 6.18 Å². The third-order valence-electron chi connectivity index (χ3n) is 3.32. The molecule has 11 heteroatoms. The number of hydrogen-bond donors (Lipinski definition) is 0. The molecule has 1 fully saturated rings. The van der Waals surface area contributed by atoms with Crippen molar-refractivity contribution < 1.29 is 22.0 Å². The molecular weight excluding hydrogens is 377 g/mol. The molecule has 0 N–H and O–H groups in total. The normalized spacial score (nSPS) is 18.9. The van der Waals surface area contributed by atoms with Crippen molar-refractivity contribution in [2.24, 2.45) is 0 Å². The fourth-order valence-corrected chi connectivity index (χ4v) is 2.59. The summed E-state index contributed by atoms with van der Waals surface area (Å²) in [6.45, 7) is -0.0271. The van der Waals surface area contributed by atoms with E-state index in [4.69, 9.17) is 0 Å². The van der Waals surface area contributed by atoms with Crippen LogP contribution in [0.2, 0.25) is 0 Å². The number of halogens is 6. The summed E-state index contributed by atoms with van der Waals surface area (Å²) >= 11 is 3.08. The van der Waals surface area contributed by atoms with E-state index in [9.17, 15) is 22.0 Å². The minimum atomic E-state index is -4.69. The second kappa shape index (κ2) is 5.00. The van der Waals surface area contributed by atoms with E-state index in [1.807, 2.05) is 0 Å². The van der Waals surface area contributed by atoms with Crippen molar-refractivity contribution in [3.05, 3.63) is 16.6 Å². The second-order valence-corrected chi connectivity index (χ2v) is 5.74. The van der Waals surface area contributed by atoms with E-state index >= 15 is 0 Å². The molecule has 120 valence electrons. The Hall–Kier alpha value is -1.52. The van der Waals surface area contributed by atoms with Crippen LogP contribution in [0.25, 0.3) is 5.65 Å². The predicted molar refractivity (Wildman–Crippen MR) is 69.9 cm³/mol. The number of fused-ring (bicyclic) bond motifs is 1. The highest BCUT2D eigenvalue weighted by molar-refractivity contribution is 9.10. The van der Waals surface area contributed by atoms with Crippen molar-refractivity contribution in [1.82, 2.24) is 19.6 Å². The summed E-state index contributed by atoms with van der Waals surface area (Å²) in [6.07, 6.45) is -4.22. The molecule has 0 bridgehead atoms. The Labute approximate surface area is 129 Å². The minimum absolute atomic E-state index is 0.0136. The first-order valence-electron chi connectivity index (χ1n) is 6.29. The summed E-state index contributed by atoms with van der Waals surface area (Å²) in [5.74, 6) is -3.95. The largest absolute Gasteiger partial charge is 0.453 e. The van der Waals surface area contributed by atoms with Crippen molar-refractivity contribution in [2.45, 2.75) is 24.9 Å². The maximum atomic E-state index is 13.2. The number of anilines is 1. The summed E-state index contributed by atoms with van der Waals surface area (Å²) in [7, 11) is 0. The van der Waals surface area contributed by atoms with Gasteiger partial charge in [0.2, 0.25) is 0 Å². The van der Waals surface area contributed by atoms with Crippen molar-refractivity contribution >= 4 is 27.4 Å². The van der Waals surface area contributed by atoms with Gasteiger partial charge in [-0.2, -0.15) is 18.2 Å². The summed E-state index contributed by atoms with van der Waals surface area (Å²) < 4.78 is 65.8. The molecule has 1 aliphatic rings. The van der Waals surface area contributed by atoms with Gasteiger partial charge in [0.25, 0.3) is 11.7 Å².